The molecule has 0 aliphatic rings. The molecule has 0 fully saturated rings. The van der Waals surface area contributed by atoms with Crippen molar-refractivity contribution >= 4 is 46.4 Å². The van der Waals surface area contributed by atoms with E-state index in [0.29, 0.717) is 32.8 Å². The maximum Gasteiger partial charge on any atom is 0.222 e. The third kappa shape index (κ3) is 4.04. The third-order valence-corrected chi connectivity index (χ3v) is 4.24. The summed E-state index contributed by atoms with van der Waals surface area (Å²) in [6, 6.07) is 14.2. The standard InChI is InChI=1S/C18H15Cl2N5O/c1-10(25-26)11-2-5-13(6-3-11)22-17-9-16(23-18(21)24-17)14-8-12(19)4-7-15(14)20/h2-9,26H,1H3,(H3,21,22,23,24)/b25-10+. The van der Waals surface area contributed by atoms with Crippen molar-refractivity contribution in [2.24, 2.45) is 5.16 Å². The summed E-state index contributed by atoms with van der Waals surface area (Å²) in [4.78, 5) is 8.43. The van der Waals surface area contributed by atoms with Gasteiger partial charge >= 0.3 is 0 Å². The summed E-state index contributed by atoms with van der Waals surface area (Å²) in [5, 5.41) is 16.2. The average molecular weight is 388 g/mol. The number of rotatable bonds is 4. The molecular weight excluding hydrogens is 373 g/mol. The Morgan fingerprint density at radius 2 is 1.81 bits per heavy atom. The molecule has 4 N–H and O–H groups in total. The number of hydrogen-bond acceptors (Lipinski definition) is 6. The number of nitrogen functional groups attached to an aromatic ring is 1. The van der Waals surface area contributed by atoms with Crippen molar-refractivity contribution in [3.8, 4) is 11.3 Å². The predicted molar refractivity (Wildman–Crippen MR) is 106 cm³/mol. The monoisotopic (exact) mass is 387 g/mol. The first-order chi connectivity index (χ1) is 12.5. The van der Waals surface area contributed by atoms with Gasteiger partial charge in [0, 0.05) is 22.3 Å². The fourth-order valence-electron chi connectivity index (χ4n) is 2.36. The fraction of sp³-hybridized carbons (Fsp3) is 0.0556. The van der Waals surface area contributed by atoms with Crippen molar-refractivity contribution < 1.29 is 5.21 Å². The molecule has 3 aromatic rings. The summed E-state index contributed by atoms with van der Waals surface area (Å²) in [7, 11) is 0. The minimum atomic E-state index is 0.112. The van der Waals surface area contributed by atoms with Gasteiger partial charge in [-0.25, -0.2) is 4.98 Å². The van der Waals surface area contributed by atoms with E-state index in [9.17, 15) is 0 Å². The number of hydrogen-bond donors (Lipinski definition) is 3. The van der Waals surface area contributed by atoms with Crippen LogP contribution in [0.5, 0.6) is 0 Å². The molecule has 0 saturated carbocycles. The molecule has 1 aromatic heterocycles. The van der Waals surface area contributed by atoms with E-state index in [2.05, 4.69) is 20.4 Å². The van der Waals surface area contributed by atoms with Crippen molar-refractivity contribution in [3.63, 3.8) is 0 Å². The van der Waals surface area contributed by atoms with Crippen molar-refractivity contribution in [1.82, 2.24) is 9.97 Å². The van der Waals surface area contributed by atoms with E-state index in [0.717, 1.165) is 11.3 Å². The van der Waals surface area contributed by atoms with Crippen LogP contribution in [-0.4, -0.2) is 20.9 Å². The second-order valence-corrected chi connectivity index (χ2v) is 6.35. The summed E-state index contributed by atoms with van der Waals surface area (Å²) in [5.41, 5.74) is 9.20. The Bertz CT molecular complexity index is 974. The summed E-state index contributed by atoms with van der Waals surface area (Å²) in [5.74, 6) is 0.629. The van der Waals surface area contributed by atoms with Crippen molar-refractivity contribution in [1.29, 1.82) is 0 Å². The number of oxime groups is 1. The Labute approximate surface area is 160 Å². The molecule has 0 aliphatic heterocycles. The van der Waals surface area contributed by atoms with Gasteiger partial charge in [-0.05, 0) is 42.8 Å². The van der Waals surface area contributed by atoms with Crippen LogP contribution in [0.3, 0.4) is 0 Å². The van der Waals surface area contributed by atoms with Crippen LogP contribution in [0.4, 0.5) is 17.5 Å². The Hall–Kier alpha value is -2.83. The fourth-order valence-corrected chi connectivity index (χ4v) is 2.75. The van der Waals surface area contributed by atoms with Gasteiger partial charge in [-0.3, -0.25) is 0 Å². The molecule has 8 heteroatoms. The minimum absolute atomic E-state index is 0.112. The summed E-state index contributed by atoms with van der Waals surface area (Å²) < 4.78 is 0. The van der Waals surface area contributed by atoms with E-state index in [-0.39, 0.29) is 5.95 Å². The lowest BCUT2D eigenvalue weighted by atomic mass is 10.1. The van der Waals surface area contributed by atoms with Gasteiger partial charge in [0.1, 0.15) is 5.82 Å². The second kappa shape index (κ2) is 7.59. The molecule has 1 heterocycles. The Morgan fingerprint density at radius 1 is 1.08 bits per heavy atom. The number of nitrogens with one attached hydrogen (secondary N) is 1. The molecular formula is C18H15Cl2N5O. The van der Waals surface area contributed by atoms with Gasteiger partial charge in [-0.1, -0.05) is 40.5 Å². The predicted octanol–water partition coefficient (Wildman–Crippen LogP) is 4.97. The lowest BCUT2D eigenvalue weighted by Crippen LogP contribution is -2.02. The zero-order valence-corrected chi connectivity index (χ0v) is 15.3. The van der Waals surface area contributed by atoms with Crippen LogP contribution in [0.2, 0.25) is 10.0 Å². The molecule has 132 valence electrons. The van der Waals surface area contributed by atoms with Crippen molar-refractivity contribution in [2.45, 2.75) is 6.92 Å². The van der Waals surface area contributed by atoms with Crippen LogP contribution in [0.15, 0.2) is 53.7 Å². The Kier molecular flexibility index (Phi) is 5.25. The highest BCUT2D eigenvalue weighted by Gasteiger charge is 2.10. The molecule has 0 unspecified atom stereocenters. The molecule has 0 saturated heterocycles. The molecule has 0 atom stereocenters. The molecule has 0 aliphatic carbocycles. The van der Waals surface area contributed by atoms with Gasteiger partial charge in [-0.15, -0.1) is 0 Å². The van der Waals surface area contributed by atoms with Crippen molar-refractivity contribution in [2.75, 3.05) is 11.1 Å². The molecule has 0 radical (unpaired) electrons. The normalized spacial score (nSPS) is 11.4. The number of nitrogens with two attached hydrogens (primary N) is 1. The minimum Gasteiger partial charge on any atom is -0.411 e. The van der Waals surface area contributed by atoms with Crippen LogP contribution in [0.1, 0.15) is 12.5 Å². The van der Waals surface area contributed by atoms with Gasteiger partial charge in [0.2, 0.25) is 5.95 Å². The Balaban J connectivity index is 1.92. The van der Waals surface area contributed by atoms with E-state index in [1.807, 2.05) is 24.3 Å². The van der Waals surface area contributed by atoms with Gasteiger partial charge in [0.05, 0.1) is 16.4 Å². The average Bonchev–Trinajstić information content (AvgIpc) is 2.63. The molecule has 2 aromatic carbocycles. The maximum absolute atomic E-state index is 8.83. The topological polar surface area (TPSA) is 96.4 Å². The second-order valence-electron chi connectivity index (χ2n) is 5.51. The summed E-state index contributed by atoms with van der Waals surface area (Å²) in [6.45, 7) is 1.72. The van der Waals surface area contributed by atoms with Crippen LogP contribution in [-0.2, 0) is 0 Å². The summed E-state index contributed by atoms with van der Waals surface area (Å²) in [6.07, 6.45) is 0. The zero-order valence-electron chi connectivity index (χ0n) is 13.7. The Morgan fingerprint density at radius 3 is 2.50 bits per heavy atom. The highest BCUT2D eigenvalue weighted by Crippen LogP contribution is 2.31. The third-order valence-electron chi connectivity index (χ3n) is 3.67. The van der Waals surface area contributed by atoms with Crippen molar-refractivity contribution in [3.05, 3.63) is 64.1 Å². The lowest BCUT2D eigenvalue weighted by molar-refractivity contribution is 0.319. The summed E-state index contributed by atoms with van der Waals surface area (Å²) >= 11 is 12.3. The largest absolute Gasteiger partial charge is 0.411 e. The van der Waals surface area contributed by atoms with E-state index >= 15 is 0 Å². The number of halogens is 2. The number of benzene rings is 2. The van der Waals surface area contributed by atoms with Gasteiger partial charge in [0.15, 0.2) is 0 Å². The van der Waals surface area contributed by atoms with Crippen LogP contribution >= 0.6 is 23.2 Å². The van der Waals surface area contributed by atoms with Crippen LogP contribution < -0.4 is 11.1 Å². The first-order valence-corrected chi connectivity index (χ1v) is 8.38. The first kappa shape index (κ1) is 18.0. The van der Waals surface area contributed by atoms with Crippen LogP contribution in [0, 0.1) is 0 Å². The molecule has 0 bridgehead atoms. The van der Waals surface area contributed by atoms with Crippen LogP contribution in [0.25, 0.3) is 11.3 Å². The maximum atomic E-state index is 8.83. The van der Waals surface area contributed by atoms with E-state index in [4.69, 9.17) is 34.1 Å². The molecule has 6 nitrogen and oxygen atoms in total. The molecule has 0 amide bonds. The first-order valence-electron chi connectivity index (χ1n) is 7.62. The van der Waals surface area contributed by atoms with E-state index < -0.39 is 0 Å². The van der Waals surface area contributed by atoms with E-state index in [1.54, 1.807) is 31.2 Å². The number of anilines is 3. The van der Waals surface area contributed by atoms with Gasteiger partial charge in [-0.2, -0.15) is 4.98 Å². The molecule has 3 rings (SSSR count). The highest BCUT2D eigenvalue weighted by atomic mass is 35.5. The zero-order chi connectivity index (χ0) is 18.7. The number of nitrogens with zero attached hydrogens (tertiary/aromatic N) is 3. The SMILES string of the molecule is C/C(=N\O)c1ccc(Nc2cc(-c3cc(Cl)ccc3Cl)nc(N)n2)cc1. The smallest absolute Gasteiger partial charge is 0.222 e. The highest BCUT2D eigenvalue weighted by molar-refractivity contribution is 6.35. The molecule has 26 heavy (non-hydrogen) atoms. The molecule has 0 spiro atoms. The van der Waals surface area contributed by atoms with Gasteiger partial charge in [0.25, 0.3) is 0 Å². The number of aromatic nitrogens is 2. The quantitative estimate of drug-likeness (QED) is 0.333. The lowest BCUT2D eigenvalue weighted by Gasteiger charge is -2.10. The van der Waals surface area contributed by atoms with E-state index in [1.165, 1.54) is 0 Å². The van der Waals surface area contributed by atoms with Gasteiger partial charge < -0.3 is 16.3 Å².